The van der Waals surface area contributed by atoms with Gasteiger partial charge < -0.3 is 0 Å². The van der Waals surface area contributed by atoms with Crippen LogP contribution in [-0.4, -0.2) is 9.55 Å². The monoisotopic (exact) mass is 522 g/mol. The molecule has 0 atom stereocenters. The highest BCUT2D eigenvalue weighted by molar-refractivity contribution is 6.08. The summed E-state index contributed by atoms with van der Waals surface area (Å²) in [4.78, 5) is 5.28. The molecular weight excluding hydrogens is 496 g/mol. The lowest BCUT2D eigenvalue weighted by Crippen LogP contribution is -1.99. The van der Waals surface area contributed by atoms with E-state index in [9.17, 15) is 0 Å². The van der Waals surface area contributed by atoms with Crippen molar-refractivity contribution in [1.82, 2.24) is 9.55 Å². The van der Waals surface area contributed by atoms with Gasteiger partial charge in [-0.15, -0.1) is 0 Å². The topological polar surface area (TPSA) is 17.8 Å². The normalized spacial score (nSPS) is 11.4. The minimum Gasteiger partial charge on any atom is -0.292 e. The zero-order valence-electron chi connectivity index (χ0n) is 22.4. The summed E-state index contributed by atoms with van der Waals surface area (Å²) in [5.41, 5.74) is 9.08. The van der Waals surface area contributed by atoms with Crippen molar-refractivity contribution < 1.29 is 0 Å². The van der Waals surface area contributed by atoms with Crippen LogP contribution in [0.2, 0.25) is 0 Å². The summed E-state index contributed by atoms with van der Waals surface area (Å²) in [5.74, 6) is 0.935. The molecule has 2 heteroatoms. The first-order chi connectivity index (χ1) is 20.3. The second-order valence-corrected chi connectivity index (χ2v) is 10.4. The first kappa shape index (κ1) is 23.4. The van der Waals surface area contributed by atoms with Crippen LogP contribution in [-0.2, 0) is 0 Å². The summed E-state index contributed by atoms with van der Waals surface area (Å²) in [6.45, 7) is 0. The van der Waals surface area contributed by atoms with E-state index >= 15 is 0 Å². The molecule has 0 fully saturated rings. The van der Waals surface area contributed by atoms with Gasteiger partial charge in [-0.25, -0.2) is 4.98 Å². The van der Waals surface area contributed by atoms with Gasteiger partial charge in [0.25, 0.3) is 0 Å². The van der Waals surface area contributed by atoms with Crippen LogP contribution in [0.1, 0.15) is 0 Å². The highest BCUT2D eigenvalue weighted by Gasteiger charge is 2.21. The van der Waals surface area contributed by atoms with Gasteiger partial charge in [0.2, 0.25) is 0 Å². The number of aromatic nitrogens is 2. The van der Waals surface area contributed by atoms with Crippen LogP contribution in [0.15, 0.2) is 158 Å². The Morgan fingerprint density at radius 1 is 0.439 bits per heavy atom. The molecule has 0 spiro atoms. The molecule has 0 bridgehead atoms. The van der Waals surface area contributed by atoms with Crippen LogP contribution in [0.4, 0.5) is 0 Å². The average molecular weight is 523 g/mol. The highest BCUT2D eigenvalue weighted by atomic mass is 15.1. The molecule has 0 radical (unpaired) electrons. The van der Waals surface area contributed by atoms with Crippen molar-refractivity contribution in [3.05, 3.63) is 158 Å². The van der Waals surface area contributed by atoms with Crippen LogP contribution in [0, 0.1) is 0 Å². The third-order valence-corrected chi connectivity index (χ3v) is 7.98. The van der Waals surface area contributed by atoms with Gasteiger partial charge in [-0.3, -0.25) is 4.57 Å². The molecule has 0 saturated carbocycles. The summed E-state index contributed by atoms with van der Waals surface area (Å²) in [6, 6.07) is 56.2. The van der Waals surface area contributed by atoms with Crippen LogP contribution in [0.25, 0.3) is 71.9 Å². The Bertz CT molecular complexity index is 2190. The molecule has 0 unspecified atom stereocenters. The van der Waals surface area contributed by atoms with Gasteiger partial charge in [-0.2, -0.15) is 0 Å². The van der Waals surface area contributed by atoms with Crippen molar-refractivity contribution in [3.63, 3.8) is 0 Å². The second-order valence-electron chi connectivity index (χ2n) is 10.4. The molecule has 0 aliphatic rings. The largest absolute Gasteiger partial charge is 0.292 e. The maximum Gasteiger partial charge on any atom is 0.146 e. The molecule has 0 aliphatic carbocycles. The fourth-order valence-corrected chi connectivity index (χ4v) is 6.11. The molecule has 2 nitrogen and oxygen atoms in total. The van der Waals surface area contributed by atoms with E-state index in [0.29, 0.717) is 0 Å². The molecule has 7 aromatic carbocycles. The lowest BCUT2D eigenvalue weighted by atomic mass is 9.86. The first-order valence-corrected chi connectivity index (χ1v) is 14.0. The summed E-state index contributed by atoms with van der Waals surface area (Å²) >= 11 is 0. The molecule has 0 saturated heterocycles. The van der Waals surface area contributed by atoms with E-state index in [2.05, 4.69) is 162 Å². The molecule has 41 heavy (non-hydrogen) atoms. The Morgan fingerprint density at radius 2 is 1.05 bits per heavy atom. The van der Waals surface area contributed by atoms with Crippen molar-refractivity contribution in [1.29, 1.82) is 0 Å². The molecule has 8 rings (SSSR count). The first-order valence-electron chi connectivity index (χ1n) is 14.0. The van der Waals surface area contributed by atoms with Gasteiger partial charge in [0.1, 0.15) is 5.82 Å². The Kier molecular flexibility index (Phi) is 5.49. The van der Waals surface area contributed by atoms with Gasteiger partial charge >= 0.3 is 0 Å². The number of benzene rings is 7. The van der Waals surface area contributed by atoms with Crippen molar-refractivity contribution in [2.24, 2.45) is 0 Å². The standard InChI is InChI=1S/C39H26N2/c1-3-14-28(15-4-1)38-32-20-10-9-13-27(32)23-24-33(38)34-25-29-16-7-8-17-30(29)26-35(34)39-40-36-21-11-12-22-37(36)41(39)31-18-5-2-6-19-31/h1-26H. The Balaban J connectivity index is 1.52. The van der Waals surface area contributed by atoms with E-state index in [1.54, 1.807) is 0 Å². The average Bonchev–Trinajstić information content (AvgIpc) is 3.44. The van der Waals surface area contributed by atoms with E-state index < -0.39 is 0 Å². The predicted molar refractivity (Wildman–Crippen MR) is 172 cm³/mol. The molecule has 192 valence electrons. The molecule has 0 aliphatic heterocycles. The van der Waals surface area contributed by atoms with Crippen molar-refractivity contribution >= 4 is 32.6 Å². The minimum absolute atomic E-state index is 0.935. The number of nitrogens with zero attached hydrogens (tertiary/aromatic N) is 2. The summed E-state index contributed by atoms with van der Waals surface area (Å²) < 4.78 is 2.30. The lowest BCUT2D eigenvalue weighted by Gasteiger charge is -2.19. The van der Waals surface area contributed by atoms with Crippen LogP contribution < -0.4 is 0 Å². The zero-order valence-corrected chi connectivity index (χ0v) is 22.4. The smallest absolute Gasteiger partial charge is 0.146 e. The van der Waals surface area contributed by atoms with Crippen LogP contribution in [0.5, 0.6) is 0 Å². The molecular formula is C39H26N2. The summed E-state index contributed by atoms with van der Waals surface area (Å²) in [6.07, 6.45) is 0. The Hall–Kier alpha value is -5.47. The van der Waals surface area contributed by atoms with E-state index in [4.69, 9.17) is 4.98 Å². The molecule has 8 aromatic rings. The second kappa shape index (κ2) is 9.62. The number of hydrogen-bond donors (Lipinski definition) is 0. The van der Waals surface area contributed by atoms with Crippen molar-refractivity contribution in [2.75, 3.05) is 0 Å². The maximum atomic E-state index is 5.28. The van der Waals surface area contributed by atoms with E-state index in [0.717, 1.165) is 28.1 Å². The van der Waals surface area contributed by atoms with Gasteiger partial charge in [-0.1, -0.05) is 121 Å². The van der Waals surface area contributed by atoms with Gasteiger partial charge in [-0.05, 0) is 80.2 Å². The van der Waals surface area contributed by atoms with Crippen molar-refractivity contribution in [3.8, 4) is 39.3 Å². The number of para-hydroxylation sites is 3. The van der Waals surface area contributed by atoms with Crippen LogP contribution >= 0.6 is 0 Å². The lowest BCUT2D eigenvalue weighted by molar-refractivity contribution is 1.10. The van der Waals surface area contributed by atoms with E-state index in [1.165, 1.54) is 43.8 Å². The van der Waals surface area contributed by atoms with E-state index in [1.807, 2.05) is 0 Å². The Labute approximate surface area is 238 Å². The van der Waals surface area contributed by atoms with Crippen LogP contribution in [0.3, 0.4) is 0 Å². The third-order valence-electron chi connectivity index (χ3n) is 7.98. The predicted octanol–water partition coefficient (Wildman–Crippen LogP) is 10.3. The number of hydrogen-bond acceptors (Lipinski definition) is 1. The van der Waals surface area contributed by atoms with Crippen molar-refractivity contribution in [2.45, 2.75) is 0 Å². The molecule has 0 amide bonds. The molecule has 0 N–H and O–H groups in total. The molecule has 1 heterocycles. The SMILES string of the molecule is c1ccc(-c2c(-c3cc4ccccc4cc3-c3nc4ccccc4n3-c3ccccc3)ccc3ccccc23)cc1. The summed E-state index contributed by atoms with van der Waals surface area (Å²) in [7, 11) is 0. The fourth-order valence-electron chi connectivity index (χ4n) is 6.11. The third kappa shape index (κ3) is 3.92. The number of imidazole rings is 1. The maximum absolute atomic E-state index is 5.28. The molecule has 1 aromatic heterocycles. The van der Waals surface area contributed by atoms with Gasteiger partial charge in [0.05, 0.1) is 11.0 Å². The number of fused-ring (bicyclic) bond motifs is 3. The fraction of sp³-hybridized carbons (Fsp3) is 0. The Morgan fingerprint density at radius 3 is 1.83 bits per heavy atom. The summed E-state index contributed by atoms with van der Waals surface area (Å²) in [5, 5.41) is 4.88. The van der Waals surface area contributed by atoms with Gasteiger partial charge in [0, 0.05) is 11.3 Å². The quantitative estimate of drug-likeness (QED) is 0.225. The zero-order chi connectivity index (χ0) is 27.2. The van der Waals surface area contributed by atoms with Gasteiger partial charge in [0.15, 0.2) is 0 Å². The number of rotatable bonds is 4. The highest BCUT2D eigenvalue weighted by Crippen LogP contribution is 2.44. The van der Waals surface area contributed by atoms with E-state index in [-0.39, 0.29) is 0 Å². The minimum atomic E-state index is 0.935.